The van der Waals surface area contributed by atoms with Crippen LogP contribution in [0.25, 0.3) is 0 Å². The summed E-state index contributed by atoms with van der Waals surface area (Å²) in [6.45, 7) is 2.42. The van der Waals surface area contributed by atoms with Crippen molar-refractivity contribution in [3.05, 3.63) is 34.6 Å². The molecule has 0 unspecified atom stereocenters. The third kappa shape index (κ3) is 2.68. The van der Waals surface area contributed by atoms with Crippen LogP contribution >= 0.6 is 11.6 Å². The lowest BCUT2D eigenvalue weighted by Gasteiger charge is -2.15. The fraction of sp³-hybridized carbons (Fsp3) is 0.455. The molecule has 0 radical (unpaired) electrons. The van der Waals surface area contributed by atoms with Gasteiger partial charge in [0.05, 0.1) is 0 Å². The topological polar surface area (TPSA) is 29.3 Å². The first-order chi connectivity index (χ1) is 7.15. The molecule has 0 bridgehead atoms. The van der Waals surface area contributed by atoms with Gasteiger partial charge in [-0.3, -0.25) is 4.90 Å². The highest BCUT2D eigenvalue weighted by atomic mass is 35.5. The Morgan fingerprint density at radius 3 is 2.93 bits per heavy atom. The van der Waals surface area contributed by atoms with Gasteiger partial charge in [0.1, 0.15) is 5.82 Å². The van der Waals surface area contributed by atoms with Crippen molar-refractivity contribution in [3.8, 4) is 0 Å². The lowest BCUT2D eigenvalue weighted by molar-refractivity contribution is 0.321. The summed E-state index contributed by atoms with van der Waals surface area (Å²) in [7, 11) is 0. The lowest BCUT2D eigenvalue weighted by atomic mass is 10.2. The molecule has 1 fully saturated rings. The average molecular weight is 229 g/mol. The Hall–Kier alpha value is -0.640. The highest BCUT2D eigenvalue weighted by molar-refractivity contribution is 6.30. The molecule has 2 rings (SSSR count). The SMILES string of the molecule is N[C@@H]1CCN(Cc2ccc(Cl)cc2F)C1. The van der Waals surface area contributed by atoms with Crippen LogP contribution in [0.15, 0.2) is 18.2 Å². The predicted molar refractivity (Wildman–Crippen MR) is 59.3 cm³/mol. The zero-order valence-electron chi connectivity index (χ0n) is 8.42. The Morgan fingerprint density at radius 2 is 2.33 bits per heavy atom. The first-order valence-corrected chi connectivity index (χ1v) is 5.45. The molecule has 0 amide bonds. The minimum atomic E-state index is -0.233. The second-order valence-corrected chi connectivity index (χ2v) is 4.46. The quantitative estimate of drug-likeness (QED) is 0.839. The summed E-state index contributed by atoms with van der Waals surface area (Å²) < 4.78 is 13.5. The van der Waals surface area contributed by atoms with Gasteiger partial charge in [0.25, 0.3) is 0 Å². The molecule has 1 heterocycles. The Balaban J connectivity index is 2.04. The van der Waals surface area contributed by atoms with E-state index in [2.05, 4.69) is 4.90 Å². The van der Waals surface area contributed by atoms with E-state index >= 15 is 0 Å². The van der Waals surface area contributed by atoms with Crippen molar-refractivity contribution in [2.75, 3.05) is 13.1 Å². The molecule has 15 heavy (non-hydrogen) atoms. The summed E-state index contributed by atoms with van der Waals surface area (Å²) in [5.41, 5.74) is 6.47. The number of likely N-dealkylation sites (tertiary alicyclic amines) is 1. The zero-order chi connectivity index (χ0) is 10.8. The Labute approximate surface area is 93.8 Å². The monoisotopic (exact) mass is 228 g/mol. The van der Waals surface area contributed by atoms with Crippen molar-refractivity contribution in [3.63, 3.8) is 0 Å². The minimum Gasteiger partial charge on any atom is -0.326 e. The largest absolute Gasteiger partial charge is 0.326 e. The summed E-state index contributed by atoms with van der Waals surface area (Å²) in [6, 6.07) is 5.05. The van der Waals surface area contributed by atoms with Crippen LogP contribution in [0, 0.1) is 5.82 Å². The number of hydrogen-bond donors (Lipinski definition) is 1. The fourth-order valence-corrected chi connectivity index (χ4v) is 2.06. The zero-order valence-corrected chi connectivity index (χ0v) is 9.17. The van der Waals surface area contributed by atoms with Gasteiger partial charge in [-0.2, -0.15) is 0 Å². The molecule has 0 saturated carbocycles. The number of nitrogens with two attached hydrogens (primary N) is 1. The molecule has 1 aliphatic heterocycles. The van der Waals surface area contributed by atoms with E-state index in [1.807, 2.05) is 0 Å². The van der Waals surface area contributed by atoms with Gasteiger partial charge in [-0.1, -0.05) is 17.7 Å². The minimum absolute atomic E-state index is 0.233. The van der Waals surface area contributed by atoms with Gasteiger partial charge in [-0.05, 0) is 18.6 Å². The number of nitrogens with zero attached hydrogens (tertiary/aromatic N) is 1. The van der Waals surface area contributed by atoms with Crippen molar-refractivity contribution < 1.29 is 4.39 Å². The third-order valence-electron chi connectivity index (χ3n) is 2.72. The molecule has 2 N–H and O–H groups in total. The van der Waals surface area contributed by atoms with E-state index in [0.717, 1.165) is 19.5 Å². The van der Waals surface area contributed by atoms with Gasteiger partial charge in [-0.15, -0.1) is 0 Å². The molecule has 82 valence electrons. The molecule has 1 aromatic rings. The van der Waals surface area contributed by atoms with Crippen LogP contribution in [-0.2, 0) is 6.54 Å². The highest BCUT2D eigenvalue weighted by Crippen LogP contribution is 2.18. The molecule has 1 aliphatic rings. The van der Waals surface area contributed by atoms with E-state index in [-0.39, 0.29) is 11.9 Å². The van der Waals surface area contributed by atoms with Crippen molar-refractivity contribution in [1.82, 2.24) is 4.90 Å². The summed E-state index contributed by atoms with van der Waals surface area (Å²) in [4.78, 5) is 2.16. The van der Waals surface area contributed by atoms with Crippen LogP contribution in [0.5, 0.6) is 0 Å². The first kappa shape index (κ1) is 10.9. The number of halogens is 2. The average Bonchev–Trinajstić information content (AvgIpc) is 2.56. The molecular formula is C11H14ClFN2. The molecule has 2 nitrogen and oxygen atoms in total. The third-order valence-corrected chi connectivity index (χ3v) is 2.95. The number of rotatable bonds is 2. The van der Waals surface area contributed by atoms with E-state index in [1.54, 1.807) is 12.1 Å². The molecule has 0 aliphatic carbocycles. The summed E-state index contributed by atoms with van der Waals surface area (Å²) >= 11 is 5.68. The van der Waals surface area contributed by atoms with E-state index in [9.17, 15) is 4.39 Å². The lowest BCUT2D eigenvalue weighted by Crippen LogP contribution is -2.26. The van der Waals surface area contributed by atoms with Crippen LogP contribution in [0.2, 0.25) is 5.02 Å². The van der Waals surface area contributed by atoms with E-state index < -0.39 is 0 Å². The van der Waals surface area contributed by atoms with Gasteiger partial charge < -0.3 is 5.73 Å². The van der Waals surface area contributed by atoms with Gasteiger partial charge in [0, 0.05) is 36.3 Å². The highest BCUT2D eigenvalue weighted by Gasteiger charge is 2.19. The Morgan fingerprint density at radius 1 is 1.53 bits per heavy atom. The van der Waals surface area contributed by atoms with Gasteiger partial charge in [0.15, 0.2) is 0 Å². The molecule has 1 aromatic carbocycles. The normalized spacial score (nSPS) is 22.2. The fourth-order valence-electron chi connectivity index (χ4n) is 1.90. The Kier molecular flexibility index (Phi) is 3.24. The smallest absolute Gasteiger partial charge is 0.129 e. The van der Waals surface area contributed by atoms with E-state index in [0.29, 0.717) is 17.1 Å². The second-order valence-electron chi connectivity index (χ2n) is 4.02. The van der Waals surface area contributed by atoms with Gasteiger partial charge >= 0.3 is 0 Å². The van der Waals surface area contributed by atoms with Crippen molar-refractivity contribution in [2.24, 2.45) is 5.73 Å². The molecule has 4 heteroatoms. The van der Waals surface area contributed by atoms with Crippen LogP contribution in [-0.4, -0.2) is 24.0 Å². The maximum Gasteiger partial charge on any atom is 0.129 e. The number of hydrogen-bond acceptors (Lipinski definition) is 2. The maximum absolute atomic E-state index is 13.5. The maximum atomic E-state index is 13.5. The molecule has 1 saturated heterocycles. The molecule has 1 atom stereocenters. The van der Waals surface area contributed by atoms with Crippen molar-refractivity contribution in [1.29, 1.82) is 0 Å². The predicted octanol–water partition coefficient (Wildman–Crippen LogP) is 2.01. The first-order valence-electron chi connectivity index (χ1n) is 5.07. The number of benzene rings is 1. The van der Waals surface area contributed by atoms with Crippen LogP contribution in [0.1, 0.15) is 12.0 Å². The second kappa shape index (κ2) is 4.47. The van der Waals surface area contributed by atoms with Gasteiger partial charge in [0.2, 0.25) is 0 Å². The molecular weight excluding hydrogens is 215 g/mol. The van der Waals surface area contributed by atoms with E-state index in [4.69, 9.17) is 17.3 Å². The Bertz CT molecular complexity index is 356. The van der Waals surface area contributed by atoms with Crippen molar-refractivity contribution in [2.45, 2.75) is 19.0 Å². The van der Waals surface area contributed by atoms with Crippen LogP contribution < -0.4 is 5.73 Å². The van der Waals surface area contributed by atoms with Crippen LogP contribution in [0.3, 0.4) is 0 Å². The summed E-state index contributed by atoms with van der Waals surface area (Å²) in [5, 5.41) is 0.439. The molecule has 0 aromatic heterocycles. The van der Waals surface area contributed by atoms with Crippen LogP contribution in [0.4, 0.5) is 4.39 Å². The van der Waals surface area contributed by atoms with E-state index in [1.165, 1.54) is 6.07 Å². The summed E-state index contributed by atoms with van der Waals surface area (Å²) in [6.07, 6.45) is 0.995. The standard InChI is InChI=1S/C11H14ClFN2/c12-9-2-1-8(11(13)5-9)6-15-4-3-10(14)7-15/h1-2,5,10H,3-4,6-7,14H2/t10-/m1/s1. The summed E-state index contributed by atoms with van der Waals surface area (Å²) in [5.74, 6) is -0.233. The van der Waals surface area contributed by atoms with Gasteiger partial charge in [-0.25, -0.2) is 4.39 Å². The van der Waals surface area contributed by atoms with Crippen molar-refractivity contribution >= 4 is 11.6 Å². The molecule has 0 spiro atoms.